The van der Waals surface area contributed by atoms with Crippen molar-refractivity contribution in [2.24, 2.45) is 0 Å². The van der Waals surface area contributed by atoms with E-state index in [1.807, 2.05) is 42.8 Å². The number of hydrogen-bond donors (Lipinski definition) is 0. The summed E-state index contributed by atoms with van der Waals surface area (Å²) in [5, 5.41) is 4.50. The Morgan fingerprint density at radius 3 is 2.50 bits per heavy atom. The molecule has 1 aliphatic rings. The Balaban J connectivity index is 2.01. The highest BCUT2D eigenvalue weighted by Crippen LogP contribution is 2.32. The third kappa shape index (κ3) is 2.95. The standard InChI is InChI=1S/C18H25N3O2S/c1-4-21(17-12-8-5-9-14(17)2)24(22,23)18-13-20(19-15(18)3)16-10-6-7-11-16/h5,8-9,12-13,16H,4,6-7,10-11H2,1-3H3. The van der Waals surface area contributed by atoms with Gasteiger partial charge in [-0.2, -0.15) is 5.10 Å². The first-order valence-electron chi connectivity index (χ1n) is 8.59. The van der Waals surface area contributed by atoms with Crippen LogP contribution < -0.4 is 4.31 Å². The third-order valence-electron chi connectivity index (χ3n) is 4.81. The van der Waals surface area contributed by atoms with E-state index in [0.717, 1.165) is 24.1 Å². The van der Waals surface area contributed by atoms with Crippen LogP contribution in [0.15, 0.2) is 35.4 Å². The van der Waals surface area contributed by atoms with Gasteiger partial charge in [-0.05, 0) is 45.2 Å². The van der Waals surface area contributed by atoms with Gasteiger partial charge in [0.1, 0.15) is 4.90 Å². The van der Waals surface area contributed by atoms with E-state index in [0.29, 0.717) is 23.2 Å². The van der Waals surface area contributed by atoms with Crippen LogP contribution in [0.2, 0.25) is 0 Å². The second-order valence-corrected chi connectivity index (χ2v) is 8.28. The molecule has 1 aliphatic carbocycles. The summed E-state index contributed by atoms with van der Waals surface area (Å²) in [5.41, 5.74) is 2.26. The summed E-state index contributed by atoms with van der Waals surface area (Å²) in [6.45, 7) is 5.97. The van der Waals surface area contributed by atoms with Gasteiger partial charge in [0.05, 0.1) is 17.4 Å². The van der Waals surface area contributed by atoms with Crippen molar-refractivity contribution in [1.82, 2.24) is 9.78 Å². The lowest BCUT2D eigenvalue weighted by Crippen LogP contribution is -2.31. The maximum atomic E-state index is 13.2. The normalized spacial score (nSPS) is 15.8. The zero-order valence-electron chi connectivity index (χ0n) is 14.6. The van der Waals surface area contributed by atoms with Crippen molar-refractivity contribution >= 4 is 15.7 Å². The lowest BCUT2D eigenvalue weighted by atomic mass is 10.2. The molecular weight excluding hydrogens is 322 g/mol. The molecule has 0 bridgehead atoms. The first kappa shape index (κ1) is 17.0. The maximum Gasteiger partial charge on any atom is 0.267 e. The number of anilines is 1. The van der Waals surface area contributed by atoms with Gasteiger partial charge >= 0.3 is 0 Å². The first-order valence-corrected chi connectivity index (χ1v) is 10.0. The van der Waals surface area contributed by atoms with Gasteiger partial charge in [0.2, 0.25) is 0 Å². The van der Waals surface area contributed by atoms with Gasteiger partial charge in [-0.1, -0.05) is 31.0 Å². The molecule has 0 atom stereocenters. The average molecular weight is 347 g/mol. The summed E-state index contributed by atoms with van der Waals surface area (Å²) in [4.78, 5) is 0.319. The van der Waals surface area contributed by atoms with Gasteiger partial charge in [0.15, 0.2) is 0 Å². The summed E-state index contributed by atoms with van der Waals surface area (Å²) < 4.78 is 29.8. The van der Waals surface area contributed by atoms with Gasteiger partial charge in [0, 0.05) is 12.7 Å². The van der Waals surface area contributed by atoms with E-state index >= 15 is 0 Å². The highest BCUT2D eigenvalue weighted by Gasteiger charge is 2.30. The lowest BCUT2D eigenvalue weighted by Gasteiger charge is -2.24. The van der Waals surface area contributed by atoms with Gasteiger partial charge < -0.3 is 0 Å². The van der Waals surface area contributed by atoms with Crippen LogP contribution in [0.5, 0.6) is 0 Å². The molecule has 5 nitrogen and oxygen atoms in total. The van der Waals surface area contributed by atoms with Crippen LogP contribution in [0.3, 0.4) is 0 Å². The molecule has 130 valence electrons. The molecule has 6 heteroatoms. The Hall–Kier alpha value is -1.82. The SMILES string of the molecule is CCN(c1ccccc1C)S(=O)(=O)c1cn(C2CCCC2)nc1C. The second-order valence-electron chi connectivity index (χ2n) is 6.45. The van der Waals surface area contributed by atoms with Crippen LogP contribution in [-0.2, 0) is 10.0 Å². The van der Waals surface area contributed by atoms with Crippen molar-refractivity contribution in [3.63, 3.8) is 0 Å². The zero-order chi connectivity index (χ0) is 17.3. The van der Waals surface area contributed by atoms with Crippen LogP contribution in [0, 0.1) is 13.8 Å². The fraction of sp³-hybridized carbons (Fsp3) is 0.500. The van der Waals surface area contributed by atoms with E-state index in [2.05, 4.69) is 5.10 Å². The number of nitrogens with zero attached hydrogens (tertiary/aromatic N) is 3. The zero-order valence-corrected chi connectivity index (χ0v) is 15.4. The molecule has 1 heterocycles. The predicted molar refractivity (Wildman–Crippen MR) is 95.9 cm³/mol. The van der Waals surface area contributed by atoms with Crippen LogP contribution in [0.4, 0.5) is 5.69 Å². The minimum absolute atomic E-state index is 0.319. The minimum Gasteiger partial charge on any atom is -0.268 e. The number of hydrogen-bond acceptors (Lipinski definition) is 3. The third-order valence-corrected chi connectivity index (χ3v) is 6.80. The van der Waals surface area contributed by atoms with E-state index in [9.17, 15) is 8.42 Å². The number of aryl methyl sites for hydroxylation is 2. The molecule has 1 saturated carbocycles. The van der Waals surface area contributed by atoms with E-state index in [1.165, 1.54) is 17.1 Å². The van der Waals surface area contributed by atoms with Crippen LogP contribution in [0.1, 0.15) is 49.9 Å². The number of aromatic nitrogens is 2. The van der Waals surface area contributed by atoms with E-state index in [-0.39, 0.29) is 0 Å². The lowest BCUT2D eigenvalue weighted by molar-refractivity contribution is 0.464. The highest BCUT2D eigenvalue weighted by atomic mass is 32.2. The molecule has 0 aliphatic heterocycles. The Bertz CT molecular complexity index is 821. The summed E-state index contributed by atoms with van der Waals surface area (Å²) >= 11 is 0. The van der Waals surface area contributed by atoms with Gasteiger partial charge in [-0.15, -0.1) is 0 Å². The van der Waals surface area contributed by atoms with Crippen molar-refractivity contribution in [2.45, 2.75) is 57.4 Å². The molecule has 0 N–H and O–H groups in total. The average Bonchev–Trinajstić information content (AvgIpc) is 3.19. The van der Waals surface area contributed by atoms with Gasteiger partial charge in [-0.3, -0.25) is 8.99 Å². The maximum absolute atomic E-state index is 13.2. The summed E-state index contributed by atoms with van der Waals surface area (Å²) in [7, 11) is -3.62. The number of para-hydroxylation sites is 1. The largest absolute Gasteiger partial charge is 0.268 e. The summed E-state index contributed by atoms with van der Waals surface area (Å²) in [6, 6.07) is 7.91. The van der Waals surface area contributed by atoms with Crippen molar-refractivity contribution in [3.8, 4) is 0 Å². The number of benzene rings is 1. The summed E-state index contributed by atoms with van der Waals surface area (Å²) in [6.07, 6.45) is 6.26. The molecule has 0 amide bonds. The molecule has 1 aromatic carbocycles. The smallest absolute Gasteiger partial charge is 0.267 e. The fourth-order valence-corrected chi connectivity index (χ4v) is 5.20. The quantitative estimate of drug-likeness (QED) is 0.826. The Morgan fingerprint density at radius 1 is 1.21 bits per heavy atom. The van der Waals surface area contributed by atoms with Crippen LogP contribution in [0.25, 0.3) is 0 Å². The van der Waals surface area contributed by atoms with Crippen molar-refractivity contribution in [1.29, 1.82) is 0 Å². The molecule has 0 saturated heterocycles. The van der Waals surface area contributed by atoms with Crippen molar-refractivity contribution in [3.05, 3.63) is 41.7 Å². The number of rotatable bonds is 5. The molecule has 3 rings (SSSR count). The molecule has 0 spiro atoms. The van der Waals surface area contributed by atoms with Crippen molar-refractivity contribution < 1.29 is 8.42 Å². The molecular formula is C18H25N3O2S. The monoisotopic (exact) mass is 347 g/mol. The minimum atomic E-state index is -3.62. The predicted octanol–water partition coefficient (Wildman–Crippen LogP) is 3.83. The molecule has 2 aromatic rings. The molecule has 0 unspecified atom stereocenters. The van der Waals surface area contributed by atoms with Gasteiger partial charge in [0.25, 0.3) is 10.0 Å². The molecule has 24 heavy (non-hydrogen) atoms. The molecule has 1 fully saturated rings. The Morgan fingerprint density at radius 2 is 1.88 bits per heavy atom. The summed E-state index contributed by atoms with van der Waals surface area (Å²) in [5.74, 6) is 0. The molecule has 1 aromatic heterocycles. The Labute approximate surface area is 144 Å². The fourth-order valence-electron chi connectivity index (χ4n) is 3.51. The highest BCUT2D eigenvalue weighted by molar-refractivity contribution is 7.92. The van der Waals surface area contributed by atoms with Crippen molar-refractivity contribution in [2.75, 3.05) is 10.8 Å². The van der Waals surface area contributed by atoms with Crippen LogP contribution in [-0.4, -0.2) is 24.7 Å². The van der Waals surface area contributed by atoms with E-state index < -0.39 is 10.0 Å². The topological polar surface area (TPSA) is 55.2 Å². The molecule has 0 radical (unpaired) electrons. The van der Waals surface area contributed by atoms with E-state index in [4.69, 9.17) is 0 Å². The van der Waals surface area contributed by atoms with Gasteiger partial charge in [-0.25, -0.2) is 8.42 Å². The van der Waals surface area contributed by atoms with Crippen LogP contribution >= 0.6 is 0 Å². The number of sulfonamides is 1. The Kier molecular flexibility index (Phi) is 4.67. The van der Waals surface area contributed by atoms with E-state index in [1.54, 1.807) is 13.1 Å². The second kappa shape index (κ2) is 6.59. The first-order chi connectivity index (χ1) is 11.4.